The molecule has 0 aromatic heterocycles. The first-order chi connectivity index (χ1) is 13.1. The molecule has 1 aromatic carbocycles. The lowest BCUT2D eigenvalue weighted by atomic mass is 9.89. The third kappa shape index (κ3) is 7.21. The molecular formula is C21H33N3O3. The van der Waals surface area contributed by atoms with Crippen LogP contribution < -0.4 is 10.6 Å². The Morgan fingerprint density at radius 1 is 1.30 bits per heavy atom. The SMILES string of the molecule is CCOC(=O)CCCNC(=NC)NCC1CCCOC1c1ccc(C)cc1. The molecule has 2 atom stereocenters. The second kappa shape index (κ2) is 11.6. The van der Waals surface area contributed by atoms with E-state index in [0.29, 0.717) is 25.5 Å². The van der Waals surface area contributed by atoms with E-state index in [9.17, 15) is 4.79 Å². The highest BCUT2D eigenvalue weighted by Gasteiger charge is 2.27. The van der Waals surface area contributed by atoms with Gasteiger partial charge in [0.05, 0.1) is 12.7 Å². The van der Waals surface area contributed by atoms with Gasteiger partial charge in [0.25, 0.3) is 0 Å². The van der Waals surface area contributed by atoms with E-state index in [1.807, 2.05) is 6.92 Å². The predicted molar refractivity (Wildman–Crippen MR) is 108 cm³/mol. The lowest BCUT2D eigenvalue weighted by Crippen LogP contribution is -2.42. The van der Waals surface area contributed by atoms with Crippen LogP contribution in [-0.2, 0) is 14.3 Å². The van der Waals surface area contributed by atoms with E-state index >= 15 is 0 Å². The molecule has 1 saturated heterocycles. The van der Waals surface area contributed by atoms with Crippen molar-refractivity contribution in [3.63, 3.8) is 0 Å². The standard InChI is InChI=1S/C21H33N3O3/c1-4-26-19(25)8-5-13-23-21(22-3)24-15-18-7-6-14-27-20(18)17-11-9-16(2)10-12-17/h9-12,18,20H,4-8,13-15H2,1-3H3,(H2,22,23,24). The molecule has 0 bridgehead atoms. The summed E-state index contributed by atoms with van der Waals surface area (Å²) >= 11 is 0. The highest BCUT2D eigenvalue weighted by atomic mass is 16.5. The Morgan fingerprint density at radius 2 is 2.07 bits per heavy atom. The summed E-state index contributed by atoms with van der Waals surface area (Å²) in [7, 11) is 1.76. The maximum atomic E-state index is 11.4. The predicted octanol–water partition coefficient (Wildman–Crippen LogP) is 2.97. The van der Waals surface area contributed by atoms with Crippen LogP contribution in [0, 0.1) is 12.8 Å². The zero-order valence-corrected chi connectivity index (χ0v) is 16.8. The van der Waals surface area contributed by atoms with Crippen molar-refractivity contribution in [1.29, 1.82) is 0 Å². The average molecular weight is 376 g/mol. The summed E-state index contributed by atoms with van der Waals surface area (Å²) in [6.07, 6.45) is 3.47. The molecule has 1 aliphatic heterocycles. The number of carbonyl (C=O) groups is 1. The van der Waals surface area contributed by atoms with Gasteiger partial charge in [0.2, 0.25) is 0 Å². The summed E-state index contributed by atoms with van der Waals surface area (Å²) in [6, 6.07) is 8.62. The zero-order chi connectivity index (χ0) is 19.5. The molecule has 150 valence electrons. The maximum absolute atomic E-state index is 11.4. The highest BCUT2D eigenvalue weighted by molar-refractivity contribution is 5.79. The van der Waals surface area contributed by atoms with Gasteiger partial charge in [-0.15, -0.1) is 0 Å². The number of aliphatic imine (C=N–C) groups is 1. The van der Waals surface area contributed by atoms with Gasteiger partial charge in [-0.1, -0.05) is 29.8 Å². The molecule has 6 heteroatoms. The number of hydrogen-bond donors (Lipinski definition) is 2. The topological polar surface area (TPSA) is 72.0 Å². The molecule has 2 unspecified atom stereocenters. The lowest BCUT2D eigenvalue weighted by molar-refractivity contribution is -0.143. The summed E-state index contributed by atoms with van der Waals surface area (Å²) in [4.78, 5) is 15.6. The van der Waals surface area contributed by atoms with Crippen LogP contribution in [-0.4, -0.2) is 45.3 Å². The molecular weight excluding hydrogens is 342 g/mol. The normalized spacial score (nSPS) is 20.2. The van der Waals surface area contributed by atoms with Gasteiger partial charge in [0, 0.05) is 39.1 Å². The minimum Gasteiger partial charge on any atom is -0.466 e. The maximum Gasteiger partial charge on any atom is 0.305 e. The van der Waals surface area contributed by atoms with E-state index in [-0.39, 0.29) is 12.1 Å². The monoisotopic (exact) mass is 375 g/mol. The van der Waals surface area contributed by atoms with Crippen LogP contribution in [0.5, 0.6) is 0 Å². The number of esters is 1. The average Bonchev–Trinajstić information content (AvgIpc) is 2.68. The summed E-state index contributed by atoms with van der Waals surface area (Å²) in [6.45, 7) is 6.65. The number of nitrogens with zero attached hydrogens (tertiary/aromatic N) is 1. The van der Waals surface area contributed by atoms with Gasteiger partial charge >= 0.3 is 5.97 Å². The molecule has 0 radical (unpaired) electrons. The smallest absolute Gasteiger partial charge is 0.305 e. The van der Waals surface area contributed by atoms with E-state index in [1.54, 1.807) is 7.05 Å². The van der Waals surface area contributed by atoms with Crippen molar-refractivity contribution >= 4 is 11.9 Å². The highest BCUT2D eigenvalue weighted by Crippen LogP contribution is 2.33. The molecule has 2 N–H and O–H groups in total. The first-order valence-corrected chi connectivity index (χ1v) is 9.92. The number of aryl methyl sites for hydroxylation is 1. The first kappa shape index (κ1) is 21.2. The van der Waals surface area contributed by atoms with Crippen molar-refractivity contribution < 1.29 is 14.3 Å². The van der Waals surface area contributed by atoms with E-state index in [2.05, 4.69) is 46.8 Å². The molecule has 0 spiro atoms. The lowest BCUT2D eigenvalue weighted by Gasteiger charge is -2.32. The first-order valence-electron chi connectivity index (χ1n) is 9.92. The Bertz CT molecular complexity index is 601. The van der Waals surface area contributed by atoms with Gasteiger partial charge in [-0.05, 0) is 38.7 Å². The quantitative estimate of drug-likeness (QED) is 0.316. The summed E-state index contributed by atoms with van der Waals surface area (Å²) in [5, 5.41) is 6.67. The van der Waals surface area contributed by atoms with E-state index < -0.39 is 0 Å². The Morgan fingerprint density at radius 3 is 2.78 bits per heavy atom. The fraction of sp³-hybridized carbons (Fsp3) is 0.619. The number of hydrogen-bond acceptors (Lipinski definition) is 4. The van der Waals surface area contributed by atoms with Crippen molar-refractivity contribution in [2.45, 2.75) is 45.6 Å². The second-order valence-corrected chi connectivity index (χ2v) is 6.89. The molecule has 1 fully saturated rings. The number of rotatable bonds is 8. The van der Waals surface area contributed by atoms with Crippen molar-refractivity contribution in [1.82, 2.24) is 10.6 Å². The fourth-order valence-electron chi connectivity index (χ4n) is 3.30. The summed E-state index contributed by atoms with van der Waals surface area (Å²) < 4.78 is 11.0. The van der Waals surface area contributed by atoms with Gasteiger partial charge in [-0.3, -0.25) is 9.79 Å². The molecule has 1 heterocycles. The summed E-state index contributed by atoms with van der Waals surface area (Å²) in [5.41, 5.74) is 2.50. The number of ether oxygens (including phenoxy) is 2. The van der Waals surface area contributed by atoms with E-state index in [4.69, 9.17) is 9.47 Å². The zero-order valence-electron chi connectivity index (χ0n) is 16.8. The van der Waals surface area contributed by atoms with Crippen LogP contribution in [0.3, 0.4) is 0 Å². The van der Waals surface area contributed by atoms with Crippen LogP contribution >= 0.6 is 0 Å². The van der Waals surface area contributed by atoms with Crippen LogP contribution in [0.25, 0.3) is 0 Å². The Kier molecular flexibility index (Phi) is 9.11. The van der Waals surface area contributed by atoms with Crippen LogP contribution in [0.1, 0.15) is 49.8 Å². The number of guanidine groups is 1. The Balaban J connectivity index is 1.79. The van der Waals surface area contributed by atoms with E-state index in [0.717, 1.165) is 38.4 Å². The van der Waals surface area contributed by atoms with Crippen molar-refractivity contribution in [2.75, 3.05) is 33.4 Å². The largest absolute Gasteiger partial charge is 0.466 e. The van der Waals surface area contributed by atoms with Gasteiger partial charge < -0.3 is 20.1 Å². The van der Waals surface area contributed by atoms with Gasteiger partial charge in [0.1, 0.15) is 0 Å². The fourth-order valence-corrected chi connectivity index (χ4v) is 3.30. The van der Waals surface area contributed by atoms with Crippen molar-refractivity contribution in [2.24, 2.45) is 10.9 Å². The minimum absolute atomic E-state index is 0.119. The Hall–Kier alpha value is -2.08. The third-order valence-electron chi connectivity index (χ3n) is 4.76. The molecule has 1 aliphatic rings. The second-order valence-electron chi connectivity index (χ2n) is 6.89. The molecule has 0 amide bonds. The molecule has 6 nitrogen and oxygen atoms in total. The summed E-state index contributed by atoms with van der Waals surface area (Å²) in [5.74, 6) is 1.01. The molecule has 2 rings (SSSR count). The number of benzene rings is 1. The Labute approximate surface area is 162 Å². The van der Waals surface area contributed by atoms with Crippen molar-refractivity contribution in [3.8, 4) is 0 Å². The minimum atomic E-state index is -0.150. The number of nitrogens with one attached hydrogen (secondary N) is 2. The van der Waals surface area contributed by atoms with Gasteiger partial charge in [-0.25, -0.2) is 0 Å². The van der Waals surface area contributed by atoms with E-state index in [1.165, 1.54) is 11.1 Å². The van der Waals surface area contributed by atoms with Crippen molar-refractivity contribution in [3.05, 3.63) is 35.4 Å². The number of carbonyl (C=O) groups excluding carboxylic acids is 1. The molecule has 0 saturated carbocycles. The van der Waals surface area contributed by atoms with Crippen LogP contribution in [0.2, 0.25) is 0 Å². The molecule has 27 heavy (non-hydrogen) atoms. The molecule has 1 aromatic rings. The van der Waals surface area contributed by atoms with Gasteiger partial charge in [-0.2, -0.15) is 0 Å². The van der Waals surface area contributed by atoms with Crippen LogP contribution in [0.4, 0.5) is 0 Å². The van der Waals surface area contributed by atoms with Gasteiger partial charge in [0.15, 0.2) is 5.96 Å². The third-order valence-corrected chi connectivity index (χ3v) is 4.76. The molecule has 0 aliphatic carbocycles. The van der Waals surface area contributed by atoms with Crippen LogP contribution in [0.15, 0.2) is 29.3 Å².